The Morgan fingerprint density at radius 1 is 1.17 bits per heavy atom. The van der Waals surface area contributed by atoms with E-state index in [2.05, 4.69) is 54.4 Å². The number of rotatable bonds is 7. The average molecular weight is 469 g/mol. The Hall–Kier alpha value is -4.03. The Bertz CT molecular complexity index is 1290. The van der Waals surface area contributed by atoms with E-state index in [1.165, 1.54) is 17.3 Å². The quantitative estimate of drug-likeness (QED) is 0.413. The minimum Gasteiger partial charge on any atom is -0.352 e. The summed E-state index contributed by atoms with van der Waals surface area (Å²) in [5, 5.41) is 22.3. The van der Waals surface area contributed by atoms with E-state index in [9.17, 15) is 10.1 Å². The first-order valence-electron chi connectivity index (χ1n) is 12.0. The number of benzene rings is 1. The molecule has 4 N–H and O–H groups in total. The highest BCUT2D eigenvalue weighted by molar-refractivity contribution is 5.99. The van der Waals surface area contributed by atoms with Crippen LogP contribution in [-0.2, 0) is 18.4 Å². The van der Waals surface area contributed by atoms with Crippen molar-refractivity contribution in [3.63, 3.8) is 0 Å². The molecule has 1 amide bonds. The van der Waals surface area contributed by atoms with Crippen molar-refractivity contribution in [2.24, 2.45) is 0 Å². The van der Waals surface area contributed by atoms with Crippen molar-refractivity contribution < 1.29 is 4.79 Å². The highest BCUT2D eigenvalue weighted by Crippen LogP contribution is 2.42. The first kappa shape index (κ1) is 22.7. The minimum absolute atomic E-state index is 0.272. The van der Waals surface area contributed by atoms with E-state index in [1.54, 1.807) is 0 Å². The molecule has 1 fully saturated rings. The number of anilines is 4. The van der Waals surface area contributed by atoms with E-state index in [4.69, 9.17) is 0 Å². The number of carbonyl (C=O) groups excluding carboxylic acids is 1. The molecule has 2 aliphatic rings. The molecule has 9 nitrogen and oxygen atoms in total. The third-order valence-corrected chi connectivity index (χ3v) is 6.63. The lowest BCUT2D eigenvalue weighted by Crippen LogP contribution is -2.33. The van der Waals surface area contributed by atoms with Crippen LogP contribution in [0.3, 0.4) is 0 Å². The molecular weight excluding hydrogens is 440 g/mol. The second-order valence-electron chi connectivity index (χ2n) is 8.93. The molecule has 1 aliphatic heterocycles. The highest BCUT2D eigenvalue weighted by atomic mass is 16.1. The van der Waals surface area contributed by atoms with E-state index in [1.807, 2.05) is 31.2 Å². The Labute approximate surface area is 204 Å². The highest BCUT2D eigenvalue weighted by Gasteiger charge is 2.40. The predicted molar refractivity (Wildman–Crippen MR) is 134 cm³/mol. The number of nitrogens with one attached hydrogen (secondary N) is 4. The number of pyridine rings is 1. The molecule has 9 heteroatoms. The Morgan fingerprint density at radius 2 is 2.06 bits per heavy atom. The van der Waals surface area contributed by atoms with E-state index >= 15 is 0 Å². The van der Waals surface area contributed by atoms with Crippen LogP contribution in [0.25, 0.3) is 0 Å². The second-order valence-corrected chi connectivity index (χ2v) is 8.93. The SMILES string of the molecule is CCNC(=O)c1cnc(Nc2ccc3c(c2)CCNC3)nc1Nc1cccc(C2(C#N)CCC2)n1. The lowest BCUT2D eigenvalue weighted by atomic mass is 9.67. The van der Waals surface area contributed by atoms with Gasteiger partial charge in [-0.1, -0.05) is 12.1 Å². The van der Waals surface area contributed by atoms with Crippen LogP contribution in [-0.4, -0.2) is 33.9 Å². The van der Waals surface area contributed by atoms with Crippen LogP contribution < -0.4 is 21.3 Å². The molecule has 0 radical (unpaired) electrons. The minimum atomic E-state index is -0.527. The summed E-state index contributed by atoms with van der Waals surface area (Å²) >= 11 is 0. The lowest BCUT2D eigenvalue weighted by Gasteiger charge is -2.34. The molecule has 35 heavy (non-hydrogen) atoms. The number of nitrogens with zero attached hydrogens (tertiary/aromatic N) is 4. The maximum absolute atomic E-state index is 12.7. The summed E-state index contributed by atoms with van der Waals surface area (Å²) in [5.41, 5.74) is 4.02. The van der Waals surface area contributed by atoms with Gasteiger partial charge in [-0.3, -0.25) is 4.79 Å². The van der Waals surface area contributed by atoms with Crippen molar-refractivity contribution in [1.29, 1.82) is 5.26 Å². The van der Waals surface area contributed by atoms with Gasteiger partial charge in [-0.2, -0.15) is 10.2 Å². The van der Waals surface area contributed by atoms with Crippen molar-refractivity contribution in [3.8, 4) is 6.07 Å². The molecule has 2 aromatic heterocycles. The average Bonchev–Trinajstić information content (AvgIpc) is 2.84. The van der Waals surface area contributed by atoms with E-state index in [-0.39, 0.29) is 5.91 Å². The van der Waals surface area contributed by atoms with Gasteiger partial charge < -0.3 is 21.3 Å². The van der Waals surface area contributed by atoms with Crippen LogP contribution in [0.1, 0.15) is 53.4 Å². The molecule has 0 bridgehead atoms. The van der Waals surface area contributed by atoms with Crippen molar-refractivity contribution >= 4 is 29.2 Å². The Balaban J connectivity index is 1.44. The van der Waals surface area contributed by atoms with Crippen LogP contribution in [0, 0.1) is 11.3 Å². The van der Waals surface area contributed by atoms with Gasteiger partial charge in [-0.15, -0.1) is 0 Å². The zero-order valence-corrected chi connectivity index (χ0v) is 19.7. The molecular formula is C26H28N8O. The van der Waals surface area contributed by atoms with Crippen molar-refractivity contribution in [3.05, 3.63) is 65.0 Å². The van der Waals surface area contributed by atoms with Gasteiger partial charge in [-0.25, -0.2) is 9.97 Å². The Kier molecular flexibility index (Phi) is 6.29. The van der Waals surface area contributed by atoms with Crippen molar-refractivity contribution in [2.75, 3.05) is 23.7 Å². The summed E-state index contributed by atoms with van der Waals surface area (Å²) in [6.45, 7) is 4.18. The number of nitriles is 1. The van der Waals surface area contributed by atoms with Gasteiger partial charge >= 0.3 is 0 Å². The van der Waals surface area contributed by atoms with Crippen LogP contribution in [0.4, 0.5) is 23.3 Å². The summed E-state index contributed by atoms with van der Waals surface area (Å²) in [6.07, 6.45) is 5.12. The number of amides is 1. The smallest absolute Gasteiger partial charge is 0.256 e. The van der Waals surface area contributed by atoms with Gasteiger partial charge in [0, 0.05) is 25.0 Å². The molecule has 5 rings (SSSR count). The fourth-order valence-corrected chi connectivity index (χ4v) is 4.49. The van der Waals surface area contributed by atoms with Crippen LogP contribution >= 0.6 is 0 Å². The molecule has 0 saturated heterocycles. The lowest BCUT2D eigenvalue weighted by molar-refractivity contribution is 0.0956. The third kappa shape index (κ3) is 4.66. The van der Waals surface area contributed by atoms with Crippen molar-refractivity contribution in [2.45, 2.75) is 44.6 Å². The molecule has 1 saturated carbocycles. The fourth-order valence-electron chi connectivity index (χ4n) is 4.49. The largest absolute Gasteiger partial charge is 0.352 e. The fraction of sp³-hybridized carbons (Fsp3) is 0.346. The van der Waals surface area contributed by atoms with Gasteiger partial charge in [0.15, 0.2) is 0 Å². The second kappa shape index (κ2) is 9.68. The topological polar surface area (TPSA) is 128 Å². The number of aromatic nitrogens is 3. The van der Waals surface area contributed by atoms with Crippen LogP contribution in [0.15, 0.2) is 42.6 Å². The maximum atomic E-state index is 12.7. The summed E-state index contributed by atoms with van der Waals surface area (Å²) in [6, 6.07) is 14.2. The summed E-state index contributed by atoms with van der Waals surface area (Å²) in [4.78, 5) is 26.4. The molecule has 1 aromatic carbocycles. The van der Waals surface area contributed by atoms with Crippen LogP contribution in [0.5, 0.6) is 0 Å². The van der Waals surface area contributed by atoms with Gasteiger partial charge in [0.1, 0.15) is 17.2 Å². The predicted octanol–water partition coefficient (Wildman–Crippen LogP) is 3.70. The normalized spacial score (nSPS) is 15.8. The van der Waals surface area contributed by atoms with E-state index in [0.29, 0.717) is 29.7 Å². The molecule has 178 valence electrons. The number of hydrogen-bond donors (Lipinski definition) is 4. The van der Waals surface area contributed by atoms with Gasteiger partial charge in [0.2, 0.25) is 5.95 Å². The Morgan fingerprint density at radius 3 is 2.83 bits per heavy atom. The zero-order chi connectivity index (χ0) is 24.3. The molecule has 1 aliphatic carbocycles. The molecule has 3 aromatic rings. The maximum Gasteiger partial charge on any atom is 0.256 e. The third-order valence-electron chi connectivity index (χ3n) is 6.63. The first-order valence-corrected chi connectivity index (χ1v) is 12.0. The molecule has 0 unspecified atom stereocenters. The standard InChI is InChI=1S/C26H28N8O/c1-2-29-24(35)20-15-30-25(31-19-8-7-18-14-28-12-9-17(18)13-19)34-23(20)33-22-6-3-5-21(32-22)26(16-27)10-4-11-26/h3,5-8,13,15,28H,2,4,9-12,14H2,1H3,(H,29,35)(H2,30,31,32,33,34). The monoisotopic (exact) mass is 468 g/mol. The molecule has 0 atom stereocenters. The number of fused-ring (bicyclic) bond motifs is 1. The van der Waals surface area contributed by atoms with Gasteiger partial charge in [0.05, 0.1) is 17.2 Å². The number of carbonyl (C=O) groups is 1. The zero-order valence-electron chi connectivity index (χ0n) is 19.7. The molecule has 3 heterocycles. The summed E-state index contributed by atoms with van der Waals surface area (Å²) in [7, 11) is 0. The van der Waals surface area contributed by atoms with E-state index < -0.39 is 5.41 Å². The molecule has 0 spiro atoms. The summed E-state index contributed by atoms with van der Waals surface area (Å²) < 4.78 is 0. The van der Waals surface area contributed by atoms with E-state index in [0.717, 1.165) is 50.2 Å². The summed E-state index contributed by atoms with van der Waals surface area (Å²) in [5.74, 6) is 0.977. The van der Waals surface area contributed by atoms with Gasteiger partial charge in [0.25, 0.3) is 5.91 Å². The van der Waals surface area contributed by atoms with Gasteiger partial charge in [-0.05, 0) is 74.5 Å². The van der Waals surface area contributed by atoms with Crippen LogP contribution in [0.2, 0.25) is 0 Å². The first-order chi connectivity index (χ1) is 17.1. The van der Waals surface area contributed by atoms with Crippen molar-refractivity contribution in [1.82, 2.24) is 25.6 Å². The number of hydrogen-bond acceptors (Lipinski definition) is 8.